The van der Waals surface area contributed by atoms with Gasteiger partial charge < -0.3 is 15.4 Å². The summed E-state index contributed by atoms with van der Waals surface area (Å²) in [6.07, 6.45) is -0.156. The molecule has 2 unspecified atom stereocenters. The number of aromatic nitrogens is 2. The molecule has 1 aromatic heterocycles. The molecule has 3 aromatic rings. The number of benzene rings is 2. The lowest BCUT2D eigenvalue weighted by molar-refractivity contribution is -0.0300. The van der Waals surface area contributed by atoms with Gasteiger partial charge in [-0.3, -0.25) is 14.2 Å². The first kappa shape index (κ1) is 19.3. The number of hydrogen-bond donors (Lipinski definition) is 1. The highest BCUT2D eigenvalue weighted by Crippen LogP contribution is 2.16. The molecule has 7 nitrogen and oxygen atoms in total. The van der Waals surface area contributed by atoms with Crippen molar-refractivity contribution in [2.75, 3.05) is 19.7 Å². The Labute approximate surface area is 168 Å². The Bertz CT molecular complexity index is 1110. The van der Waals surface area contributed by atoms with Gasteiger partial charge in [-0.15, -0.1) is 0 Å². The maximum atomic E-state index is 12.9. The molecule has 0 radical (unpaired) electrons. The van der Waals surface area contributed by atoms with Gasteiger partial charge in [0.1, 0.15) is 5.82 Å². The van der Waals surface area contributed by atoms with Crippen LogP contribution < -0.4 is 11.3 Å². The topological polar surface area (TPSA) is 90.5 Å². The van der Waals surface area contributed by atoms with E-state index in [1.54, 1.807) is 46.7 Å². The first-order valence-electron chi connectivity index (χ1n) is 9.71. The summed E-state index contributed by atoms with van der Waals surface area (Å²) in [7, 11) is 0. The number of ether oxygens (including phenoxy) is 1. The van der Waals surface area contributed by atoms with E-state index in [-0.39, 0.29) is 23.6 Å². The van der Waals surface area contributed by atoms with E-state index in [9.17, 15) is 9.59 Å². The van der Waals surface area contributed by atoms with Gasteiger partial charge in [-0.1, -0.05) is 12.1 Å². The molecule has 2 aromatic carbocycles. The Morgan fingerprint density at radius 1 is 1.21 bits per heavy atom. The number of amides is 1. The zero-order chi connectivity index (χ0) is 20.5. The van der Waals surface area contributed by atoms with Crippen LogP contribution in [0.3, 0.4) is 0 Å². The summed E-state index contributed by atoms with van der Waals surface area (Å²) in [6, 6.07) is 14.2. The van der Waals surface area contributed by atoms with E-state index in [4.69, 9.17) is 10.5 Å². The average molecular weight is 392 g/mol. The second-order valence-electron chi connectivity index (χ2n) is 7.38. The van der Waals surface area contributed by atoms with E-state index in [0.717, 1.165) is 0 Å². The number of carbonyl (C=O) groups excluding carboxylic acids is 1. The van der Waals surface area contributed by atoms with E-state index in [0.29, 0.717) is 47.7 Å². The van der Waals surface area contributed by atoms with Crippen LogP contribution in [0.15, 0.2) is 53.3 Å². The second-order valence-corrected chi connectivity index (χ2v) is 7.38. The largest absolute Gasteiger partial charge is 0.373 e. The highest BCUT2D eigenvalue weighted by Gasteiger charge is 2.27. The van der Waals surface area contributed by atoms with Crippen LogP contribution >= 0.6 is 0 Å². The minimum absolute atomic E-state index is 0.0637. The molecule has 0 aliphatic carbocycles. The number of nitrogens with two attached hydrogens (primary N) is 1. The van der Waals surface area contributed by atoms with Gasteiger partial charge in [-0.05, 0) is 50.2 Å². The molecule has 150 valence electrons. The van der Waals surface area contributed by atoms with Crippen molar-refractivity contribution >= 4 is 16.8 Å². The first-order chi connectivity index (χ1) is 14.0. The number of rotatable bonds is 3. The third kappa shape index (κ3) is 3.66. The SMILES string of the molecule is Cc1nc2ccccc2c(=O)n1-c1ccc(C(=O)N2CCOC(C(C)N)C2)cc1. The van der Waals surface area contributed by atoms with Crippen molar-refractivity contribution in [3.05, 3.63) is 70.3 Å². The maximum Gasteiger partial charge on any atom is 0.265 e. The predicted molar refractivity (Wildman–Crippen MR) is 111 cm³/mol. The summed E-state index contributed by atoms with van der Waals surface area (Å²) >= 11 is 0. The van der Waals surface area contributed by atoms with Gasteiger partial charge in [0.2, 0.25) is 0 Å². The molecule has 0 spiro atoms. The molecule has 0 saturated carbocycles. The molecule has 1 amide bonds. The van der Waals surface area contributed by atoms with Crippen LogP contribution in [-0.2, 0) is 4.74 Å². The second kappa shape index (κ2) is 7.77. The van der Waals surface area contributed by atoms with E-state index in [1.807, 2.05) is 25.1 Å². The number of carbonyl (C=O) groups is 1. The van der Waals surface area contributed by atoms with Crippen LogP contribution in [0.1, 0.15) is 23.1 Å². The fourth-order valence-corrected chi connectivity index (χ4v) is 3.66. The third-order valence-electron chi connectivity index (χ3n) is 5.28. The summed E-state index contributed by atoms with van der Waals surface area (Å²) in [5.74, 6) is 0.534. The van der Waals surface area contributed by atoms with Gasteiger partial charge >= 0.3 is 0 Å². The van der Waals surface area contributed by atoms with Crippen molar-refractivity contribution in [2.24, 2.45) is 5.73 Å². The van der Waals surface area contributed by atoms with Crippen molar-refractivity contribution < 1.29 is 9.53 Å². The number of aryl methyl sites for hydroxylation is 1. The predicted octanol–water partition coefficient (Wildman–Crippen LogP) is 1.88. The van der Waals surface area contributed by atoms with Gasteiger partial charge in [0.25, 0.3) is 11.5 Å². The lowest BCUT2D eigenvalue weighted by atomic mass is 10.1. The quantitative estimate of drug-likeness (QED) is 0.735. The molecule has 7 heteroatoms. The van der Waals surface area contributed by atoms with Gasteiger partial charge in [0.05, 0.1) is 29.3 Å². The van der Waals surface area contributed by atoms with Crippen molar-refractivity contribution in [1.82, 2.24) is 14.5 Å². The lowest BCUT2D eigenvalue weighted by Gasteiger charge is -2.34. The summed E-state index contributed by atoms with van der Waals surface area (Å²) in [6.45, 7) is 5.18. The Morgan fingerprint density at radius 3 is 2.66 bits per heavy atom. The van der Waals surface area contributed by atoms with Crippen LogP contribution in [0.5, 0.6) is 0 Å². The molecule has 2 atom stereocenters. The smallest absolute Gasteiger partial charge is 0.265 e. The van der Waals surface area contributed by atoms with Crippen LogP contribution in [0.25, 0.3) is 16.6 Å². The van der Waals surface area contributed by atoms with E-state index in [2.05, 4.69) is 4.98 Å². The van der Waals surface area contributed by atoms with Crippen molar-refractivity contribution in [3.63, 3.8) is 0 Å². The molecule has 2 heterocycles. The summed E-state index contributed by atoms with van der Waals surface area (Å²) in [5.41, 5.74) is 7.72. The number of hydrogen-bond acceptors (Lipinski definition) is 5. The summed E-state index contributed by atoms with van der Waals surface area (Å²) in [5, 5.41) is 0.563. The van der Waals surface area contributed by atoms with E-state index in [1.165, 1.54) is 0 Å². The highest BCUT2D eigenvalue weighted by molar-refractivity contribution is 5.94. The van der Waals surface area contributed by atoms with Gasteiger partial charge in [0.15, 0.2) is 0 Å². The molecule has 29 heavy (non-hydrogen) atoms. The van der Waals surface area contributed by atoms with Crippen molar-refractivity contribution in [2.45, 2.75) is 26.0 Å². The Kier molecular flexibility index (Phi) is 5.17. The highest BCUT2D eigenvalue weighted by atomic mass is 16.5. The van der Waals surface area contributed by atoms with E-state index < -0.39 is 0 Å². The summed E-state index contributed by atoms with van der Waals surface area (Å²) in [4.78, 5) is 32.1. The number of nitrogens with zero attached hydrogens (tertiary/aromatic N) is 3. The lowest BCUT2D eigenvalue weighted by Crippen LogP contribution is -2.51. The van der Waals surface area contributed by atoms with Crippen LogP contribution in [0.2, 0.25) is 0 Å². The van der Waals surface area contributed by atoms with Gasteiger partial charge in [-0.2, -0.15) is 0 Å². The standard InChI is InChI=1S/C22H24N4O3/c1-14(23)20-13-25(11-12-29-20)21(27)16-7-9-17(10-8-16)26-15(2)24-19-6-4-3-5-18(19)22(26)28/h3-10,14,20H,11-13,23H2,1-2H3. The van der Waals surface area contributed by atoms with Crippen LogP contribution in [0, 0.1) is 6.92 Å². The van der Waals surface area contributed by atoms with Gasteiger partial charge in [-0.25, -0.2) is 4.98 Å². The van der Waals surface area contributed by atoms with Crippen LogP contribution in [-0.4, -0.2) is 52.2 Å². The van der Waals surface area contributed by atoms with E-state index >= 15 is 0 Å². The van der Waals surface area contributed by atoms with Crippen molar-refractivity contribution in [3.8, 4) is 5.69 Å². The summed E-state index contributed by atoms with van der Waals surface area (Å²) < 4.78 is 7.20. The minimum atomic E-state index is -0.156. The molecule has 4 rings (SSSR count). The third-order valence-corrected chi connectivity index (χ3v) is 5.28. The number of fused-ring (bicyclic) bond motifs is 1. The minimum Gasteiger partial charge on any atom is -0.373 e. The Balaban J connectivity index is 1.63. The fourth-order valence-electron chi connectivity index (χ4n) is 3.66. The molecular formula is C22H24N4O3. The fraction of sp³-hybridized carbons (Fsp3) is 0.318. The zero-order valence-electron chi connectivity index (χ0n) is 16.5. The molecule has 2 N–H and O–H groups in total. The average Bonchev–Trinajstić information content (AvgIpc) is 2.74. The first-order valence-corrected chi connectivity index (χ1v) is 9.71. The number of para-hydroxylation sites is 1. The molecule has 1 aliphatic heterocycles. The Hall–Kier alpha value is -3.03. The molecule has 1 fully saturated rings. The normalized spacial score (nSPS) is 18.0. The monoisotopic (exact) mass is 392 g/mol. The van der Waals surface area contributed by atoms with Crippen LogP contribution in [0.4, 0.5) is 0 Å². The Morgan fingerprint density at radius 2 is 1.93 bits per heavy atom. The maximum absolute atomic E-state index is 12.9. The van der Waals surface area contributed by atoms with Gasteiger partial charge in [0, 0.05) is 24.7 Å². The van der Waals surface area contributed by atoms with Crippen molar-refractivity contribution in [1.29, 1.82) is 0 Å². The molecule has 1 aliphatic rings. The number of morpholine rings is 1. The molecule has 1 saturated heterocycles. The zero-order valence-corrected chi connectivity index (χ0v) is 16.5. The molecular weight excluding hydrogens is 368 g/mol. The molecule has 0 bridgehead atoms.